The van der Waals surface area contributed by atoms with Crippen LogP contribution in [0.25, 0.3) is 0 Å². The maximum atomic E-state index is 11.8. The molecule has 0 bridgehead atoms. The number of anilines is 1. The summed E-state index contributed by atoms with van der Waals surface area (Å²) in [5, 5.41) is 3.23. The van der Waals surface area contributed by atoms with Crippen molar-refractivity contribution in [1.29, 1.82) is 0 Å². The summed E-state index contributed by atoms with van der Waals surface area (Å²) in [5.74, 6) is 0.257. The lowest BCUT2D eigenvalue weighted by molar-refractivity contribution is 0.0887. The fourth-order valence-electron chi connectivity index (χ4n) is 1.38. The summed E-state index contributed by atoms with van der Waals surface area (Å²) in [6.07, 6.45) is 0. The zero-order chi connectivity index (χ0) is 13.5. The molecule has 0 atom stereocenters. The summed E-state index contributed by atoms with van der Waals surface area (Å²) < 4.78 is 5.36. The number of benzene rings is 1. The standard InChI is InChI=1S/C13H19ClN2O2/c1-9(2)8-18-6-5-16-13(17)11-7-10(14)3-4-12(11)15/h3-4,7,9H,5-6,8,15H2,1-2H3,(H,16,17). The molecule has 3 N–H and O–H groups in total. The van der Waals surface area contributed by atoms with Gasteiger partial charge in [-0.15, -0.1) is 0 Å². The van der Waals surface area contributed by atoms with E-state index in [9.17, 15) is 4.79 Å². The molecule has 1 aromatic rings. The van der Waals surface area contributed by atoms with Gasteiger partial charge in [-0.25, -0.2) is 0 Å². The van der Waals surface area contributed by atoms with Crippen LogP contribution in [0.2, 0.25) is 5.02 Å². The van der Waals surface area contributed by atoms with Crippen LogP contribution in [0.15, 0.2) is 18.2 Å². The minimum Gasteiger partial charge on any atom is -0.398 e. The fourth-order valence-corrected chi connectivity index (χ4v) is 1.55. The predicted molar refractivity (Wildman–Crippen MR) is 73.9 cm³/mol. The third kappa shape index (κ3) is 4.94. The topological polar surface area (TPSA) is 64.3 Å². The normalized spacial score (nSPS) is 10.7. The van der Waals surface area contributed by atoms with Gasteiger partial charge in [0.05, 0.1) is 12.2 Å². The maximum Gasteiger partial charge on any atom is 0.253 e. The van der Waals surface area contributed by atoms with Gasteiger partial charge in [0.2, 0.25) is 0 Å². The molecular weight excluding hydrogens is 252 g/mol. The zero-order valence-electron chi connectivity index (χ0n) is 10.7. The molecule has 0 aliphatic rings. The minimum absolute atomic E-state index is 0.233. The van der Waals surface area contributed by atoms with Crippen LogP contribution in [0.5, 0.6) is 0 Å². The van der Waals surface area contributed by atoms with Gasteiger partial charge in [0, 0.05) is 23.9 Å². The average molecular weight is 271 g/mol. The van der Waals surface area contributed by atoms with Crippen LogP contribution >= 0.6 is 11.6 Å². The maximum absolute atomic E-state index is 11.8. The molecule has 5 heteroatoms. The Balaban J connectivity index is 2.39. The molecule has 0 saturated heterocycles. The first-order chi connectivity index (χ1) is 8.50. The summed E-state index contributed by atoms with van der Waals surface area (Å²) in [7, 11) is 0. The largest absolute Gasteiger partial charge is 0.398 e. The van der Waals surface area contributed by atoms with Gasteiger partial charge in [0.1, 0.15) is 0 Å². The van der Waals surface area contributed by atoms with Gasteiger partial charge in [0.25, 0.3) is 5.91 Å². The Labute approximate surface area is 112 Å². The summed E-state index contributed by atoms with van der Waals surface area (Å²) >= 11 is 5.82. The number of nitrogens with two attached hydrogens (primary N) is 1. The molecule has 0 aliphatic carbocycles. The second-order valence-corrected chi connectivity index (χ2v) is 4.89. The highest BCUT2D eigenvalue weighted by Gasteiger charge is 2.09. The Kier molecular flexibility index (Phi) is 5.95. The number of nitrogens with one attached hydrogen (secondary N) is 1. The predicted octanol–water partition coefficient (Wildman–Crippen LogP) is 2.32. The Hall–Kier alpha value is -1.26. The van der Waals surface area contributed by atoms with Crippen molar-refractivity contribution in [3.05, 3.63) is 28.8 Å². The first-order valence-corrected chi connectivity index (χ1v) is 6.29. The zero-order valence-corrected chi connectivity index (χ0v) is 11.5. The van der Waals surface area contributed by atoms with Crippen molar-refractivity contribution in [1.82, 2.24) is 5.32 Å². The highest BCUT2D eigenvalue weighted by Crippen LogP contribution is 2.17. The van der Waals surface area contributed by atoms with E-state index in [4.69, 9.17) is 22.1 Å². The van der Waals surface area contributed by atoms with Gasteiger partial charge in [-0.3, -0.25) is 4.79 Å². The Morgan fingerprint density at radius 1 is 1.50 bits per heavy atom. The molecule has 0 heterocycles. The lowest BCUT2D eigenvalue weighted by atomic mass is 10.1. The van der Waals surface area contributed by atoms with Gasteiger partial charge < -0.3 is 15.8 Å². The molecular formula is C13H19ClN2O2. The van der Waals surface area contributed by atoms with Crippen molar-refractivity contribution in [2.24, 2.45) is 5.92 Å². The lowest BCUT2D eigenvalue weighted by Gasteiger charge is -2.09. The molecule has 0 fully saturated rings. The van der Waals surface area contributed by atoms with Crippen LogP contribution in [0, 0.1) is 5.92 Å². The van der Waals surface area contributed by atoms with E-state index in [1.165, 1.54) is 0 Å². The summed E-state index contributed by atoms with van der Waals surface area (Å²) in [5.41, 5.74) is 6.52. The second kappa shape index (κ2) is 7.24. The Morgan fingerprint density at radius 2 is 2.22 bits per heavy atom. The van der Waals surface area contributed by atoms with E-state index in [-0.39, 0.29) is 5.91 Å². The van der Waals surface area contributed by atoms with Crippen LogP contribution in [-0.4, -0.2) is 25.7 Å². The van der Waals surface area contributed by atoms with Crippen LogP contribution in [0.4, 0.5) is 5.69 Å². The first-order valence-electron chi connectivity index (χ1n) is 5.91. The number of nitrogen functional groups attached to an aromatic ring is 1. The average Bonchev–Trinajstić information content (AvgIpc) is 2.31. The van der Waals surface area contributed by atoms with Crippen LogP contribution in [0.3, 0.4) is 0 Å². The lowest BCUT2D eigenvalue weighted by Crippen LogP contribution is -2.28. The van der Waals surface area contributed by atoms with E-state index < -0.39 is 0 Å². The van der Waals surface area contributed by atoms with Crippen molar-refractivity contribution in [3.8, 4) is 0 Å². The van der Waals surface area contributed by atoms with Crippen LogP contribution < -0.4 is 11.1 Å². The number of halogens is 1. The van der Waals surface area contributed by atoms with E-state index in [1.54, 1.807) is 18.2 Å². The highest BCUT2D eigenvalue weighted by molar-refractivity contribution is 6.31. The molecule has 1 aromatic carbocycles. The highest BCUT2D eigenvalue weighted by atomic mass is 35.5. The quantitative estimate of drug-likeness (QED) is 0.616. The summed E-state index contributed by atoms with van der Waals surface area (Å²) in [4.78, 5) is 11.8. The van der Waals surface area contributed by atoms with E-state index in [0.29, 0.717) is 41.9 Å². The number of hydrogen-bond acceptors (Lipinski definition) is 3. The van der Waals surface area contributed by atoms with Crippen molar-refractivity contribution in [2.45, 2.75) is 13.8 Å². The van der Waals surface area contributed by atoms with Gasteiger partial charge in [-0.2, -0.15) is 0 Å². The van der Waals surface area contributed by atoms with Crippen molar-refractivity contribution < 1.29 is 9.53 Å². The Morgan fingerprint density at radius 3 is 2.89 bits per heavy atom. The molecule has 0 aliphatic heterocycles. The van der Waals surface area contributed by atoms with Gasteiger partial charge >= 0.3 is 0 Å². The van der Waals surface area contributed by atoms with Gasteiger partial charge in [-0.05, 0) is 24.1 Å². The third-order valence-electron chi connectivity index (χ3n) is 2.24. The SMILES string of the molecule is CC(C)COCCNC(=O)c1cc(Cl)ccc1N. The van der Waals surface area contributed by atoms with Gasteiger partial charge in [0.15, 0.2) is 0 Å². The number of hydrogen-bond donors (Lipinski definition) is 2. The molecule has 1 rings (SSSR count). The molecule has 100 valence electrons. The second-order valence-electron chi connectivity index (χ2n) is 4.46. The molecule has 1 amide bonds. The molecule has 0 unspecified atom stereocenters. The van der Waals surface area contributed by atoms with Crippen LogP contribution in [0.1, 0.15) is 24.2 Å². The van der Waals surface area contributed by atoms with Crippen molar-refractivity contribution in [3.63, 3.8) is 0 Å². The first kappa shape index (κ1) is 14.8. The smallest absolute Gasteiger partial charge is 0.253 e. The van der Waals surface area contributed by atoms with E-state index in [2.05, 4.69) is 19.2 Å². The molecule has 0 radical (unpaired) electrons. The van der Waals surface area contributed by atoms with Crippen molar-refractivity contribution >= 4 is 23.2 Å². The molecule has 0 aromatic heterocycles. The van der Waals surface area contributed by atoms with Crippen LogP contribution in [-0.2, 0) is 4.74 Å². The van der Waals surface area contributed by atoms with E-state index in [1.807, 2.05) is 0 Å². The van der Waals surface area contributed by atoms with E-state index >= 15 is 0 Å². The summed E-state index contributed by atoms with van der Waals surface area (Å²) in [6.45, 7) is 5.79. The number of rotatable bonds is 6. The molecule has 4 nitrogen and oxygen atoms in total. The van der Waals surface area contributed by atoms with E-state index in [0.717, 1.165) is 0 Å². The Bertz CT molecular complexity index is 408. The monoisotopic (exact) mass is 270 g/mol. The van der Waals surface area contributed by atoms with Gasteiger partial charge in [-0.1, -0.05) is 25.4 Å². The molecule has 0 spiro atoms. The number of carbonyl (C=O) groups excluding carboxylic acids is 1. The molecule has 0 saturated carbocycles. The summed E-state index contributed by atoms with van der Waals surface area (Å²) in [6, 6.07) is 4.83. The fraction of sp³-hybridized carbons (Fsp3) is 0.462. The number of carbonyl (C=O) groups is 1. The molecule has 18 heavy (non-hydrogen) atoms. The minimum atomic E-state index is -0.233. The number of amides is 1. The van der Waals surface area contributed by atoms with Crippen molar-refractivity contribution in [2.75, 3.05) is 25.5 Å². The third-order valence-corrected chi connectivity index (χ3v) is 2.48. The number of ether oxygens (including phenoxy) is 1.